The van der Waals surface area contributed by atoms with Crippen LogP contribution in [-0.2, 0) is 9.59 Å². The van der Waals surface area contributed by atoms with Crippen LogP contribution in [-0.4, -0.2) is 50.9 Å². The Hall–Kier alpha value is -1.10. The van der Waals surface area contributed by atoms with Gasteiger partial charge in [-0.2, -0.15) is 0 Å². The quantitative estimate of drug-likeness (QED) is 0.624. The summed E-state index contributed by atoms with van der Waals surface area (Å²) < 4.78 is 0. The standard InChI is InChI=1S/C10H21N3O2/c1-8(10(15)12-3)7-13(4)9(14)5-6-11-2/h8,11H,5-7H2,1-4H3,(H,12,15). The van der Waals surface area contributed by atoms with Gasteiger partial charge in [-0.15, -0.1) is 0 Å². The molecule has 5 nitrogen and oxygen atoms in total. The van der Waals surface area contributed by atoms with Crippen molar-refractivity contribution in [1.82, 2.24) is 15.5 Å². The van der Waals surface area contributed by atoms with Gasteiger partial charge >= 0.3 is 0 Å². The maximum absolute atomic E-state index is 11.5. The molecule has 0 radical (unpaired) electrons. The number of nitrogens with zero attached hydrogens (tertiary/aromatic N) is 1. The van der Waals surface area contributed by atoms with Gasteiger partial charge in [0.1, 0.15) is 0 Å². The summed E-state index contributed by atoms with van der Waals surface area (Å²) >= 11 is 0. The van der Waals surface area contributed by atoms with Gasteiger partial charge in [-0.05, 0) is 7.05 Å². The minimum Gasteiger partial charge on any atom is -0.359 e. The van der Waals surface area contributed by atoms with Crippen LogP contribution in [0.25, 0.3) is 0 Å². The summed E-state index contributed by atoms with van der Waals surface area (Å²) in [5, 5.41) is 5.48. The van der Waals surface area contributed by atoms with Crippen LogP contribution in [0.1, 0.15) is 13.3 Å². The van der Waals surface area contributed by atoms with E-state index in [1.54, 1.807) is 33.0 Å². The van der Waals surface area contributed by atoms with Crippen LogP contribution >= 0.6 is 0 Å². The molecule has 2 N–H and O–H groups in total. The fraction of sp³-hybridized carbons (Fsp3) is 0.800. The van der Waals surface area contributed by atoms with E-state index < -0.39 is 0 Å². The van der Waals surface area contributed by atoms with E-state index in [1.807, 2.05) is 0 Å². The van der Waals surface area contributed by atoms with Crippen LogP contribution in [0.2, 0.25) is 0 Å². The van der Waals surface area contributed by atoms with Crippen LogP contribution in [0.5, 0.6) is 0 Å². The highest BCUT2D eigenvalue weighted by Crippen LogP contribution is 1.99. The molecule has 0 fully saturated rings. The smallest absolute Gasteiger partial charge is 0.224 e. The second kappa shape index (κ2) is 7.23. The highest BCUT2D eigenvalue weighted by molar-refractivity contribution is 5.80. The largest absolute Gasteiger partial charge is 0.359 e. The molecule has 0 heterocycles. The van der Waals surface area contributed by atoms with E-state index in [1.165, 1.54) is 0 Å². The third-order valence-corrected chi connectivity index (χ3v) is 2.26. The molecule has 0 aromatic heterocycles. The van der Waals surface area contributed by atoms with Crippen molar-refractivity contribution in [2.24, 2.45) is 5.92 Å². The maximum Gasteiger partial charge on any atom is 0.224 e. The third-order valence-electron chi connectivity index (χ3n) is 2.26. The molecule has 1 atom stereocenters. The van der Waals surface area contributed by atoms with Crippen LogP contribution in [0, 0.1) is 5.92 Å². The van der Waals surface area contributed by atoms with E-state index in [0.717, 1.165) is 0 Å². The first-order chi connectivity index (χ1) is 7.02. The van der Waals surface area contributed by atoms with Crippen LogP contribution in [0.3, 0.4) is 0 Å². The van der Waals surface area contributed by atoms with Crippen molar-refractivity contribution in [3.8, 4) is 0 Å². The summed E-state index contributed by atoms with van der Waals surface area (Å²) in [6.07, 6.45) is 0.466. The Morgan fingerprint density at radius 1 is 1.33 bits per heavy atom. The van der Waals surface area contributed by atoms with Crippen LogP contribution in [0.4, 0.5) is 0 Å². The zero-order valence-electron chi connectivity index (χ0n) is 9.96. The number of carbonyl (C=O) groups excluding carboxylic acids is 2. The summed E-state index contributed by atoms with van der Waals surface area (Å²) in [4.78, 5) is 24.3. The molecule has 88 valence electrons. The first kappa shape index (κ1) is 13.9. The molecule has 0 saturated carbocycles. The minimum absolute atomic E-state index is 0.0386. The second-order valence-corrected chi connectivity index (χ2v) is 3.64. The van der Waals surface area contributed by atoms with Gasteiger partial charge < -0.3 is 15.5 Å². The highest BCUT2D eigenvalue weighted by Gasteiger charge is 2.16. The molecule has 0 spiro atoms. The van der Waals surface area contributed by atoms with Gasteiger partial charge in [0.15, 0.2) is 0 Å². The van der Waals surface area contributed by atoms with Crippen molar-refractivity contribution in [2.45, 2.75) is 13.3 Å². The average Bonchev–Trinajstić information content (AvgIpc) is 2.24. The number of hydrogen-bond donors (Lipinski definition) is 2. The maximum atomic E-state index is 11.5. The van der Waals surface area contributed by atoms with Gasteiger partial charge in [-0.1, -0.05) is 6.92 Å². The van der Waals surface area contributed by atoms with E-state index >= 15 is 0 Å². The molecule has 0 aliphatic carbocycles. The third kappa shape index (κ3) is 5.37. The van der Waals surface area contributed by atoms with Crippen molar-refractivity contribution in [3.05, 3.63) is 0 Å². The number of amides is 2. The summed E-state index contributed by atoms with van der Waals surface area (Å²) in [5.41, 5.74) is 0. The lowest BCUT2D eigenvalue weighted by Gasteiger charge is -2.20. The molecule has 0 aromatic rings. The molecule has 0 aliphatic heterocycles. The zero-order chi connectivity index (χ0) is 11.8. The van der Waals surface area contributed by atoms with Gasteiger partial charge in [0.05, 0.1) is 5.92 Å². The van der Waals surface area contributed by atoms with Gasteiger partial charge in [-0.25, -0.2) is 0 Å². The van der Waals surface area contributed by atoms with Gasteiger partial charge in [0.25, 0.3) is 0 Å². The predicted molar refractivity (Wildman–Crippen MR) is 59.4 cm³/mol. The molecule has 2 amide bonds. The number of hydrogen-bond acceptors (Lipinski definition) is 3. The molecule has 0 rings (SSSR count). The Kier molecular flexibility index (Phi) is 6.70. The summed E-state index contributed by atoms with van der Waals surface area (Å²) in [7, 11) is 5.12. The van der Waals surface area contributed by atoms with Gasteiger partial charge in [-0.3, -0.25) is 9.59 Å². The van der Waals surface area contributed by atoms with Crippen LogP contribution in [0.15, 0.2) is 0 Å². The summed E-state index contributed by atoms with van der Waals surface area (Å²) in [6.45, 7) is 2.93. The van der Waals surface area contributed by atoms with E-state index in [0.29, 0.717) is 19.5 Å². The molecule has 5 heteroatoms. The van der Waals surface area contributed by atoms with E-state index in [-0.39, 0.29) is 17.7 Å². The Balaban J connectivity index is 3.95. The molecule has 0 aromatic carbocycles. The SMILES string of the molecule is CNCCC(=O)N(C)CC(C)C(=O)NC. The molecule has 0 aliphatic rings. The van der Waals surface area contributed by atoms with E-state index in [4.69, 9.17) is 0 Å². The molecular weight excluding hydrogens is 194 g/mol. The normalized spacial score (nSPS) is 12.0. The number of nitrogens with one attached hydrogen (secondary N) is 2. The molecule has 1 unspecified atom stereocenters. The Morgan fingerprint density at radius 2 is 1.93 bits per heavy atom. The Morgan fingerprint density at radius 3 is 2.40 bits per heavy atom. The van der Waals surface area contributed by atoms with Crippen LogP contribution < -0.4 is 10.6 Å². The fourth-order valence-corrected chi connectivity index (χ4v) is 1.26. The minimum atomic E-state index is -0.168. The monoisotopic (exact) mass is 215 g/mol. The van der Waals surface area contributed by atoms with Crippen molar-refractivity contribution in [2.75, 3.05) is 34.2 Å². The van der Waals surface area contributed by atoms with Crippen molar-refractivity contribution >= 4 is 11.8 Å². The second-order valence-electron chi connectivity index (χ2n) is 3.64. The van der Waals surface area contributed by atoms with Crippen molar-refractivity contribution < 1.29 is 9.59 Å². The highest BCUT2D eigenvalue weighted by atomic mass is 16.2. The number of rotatable bonds is 6. The lowest BCUT2D eigenvalue weighted by molar-refractivity contribution is -0.131. The first-order valence-corrected chi connectivity index (χ1v) is 5.13. The van der Waals surface area contributed by atoms with E-state index in [9.17, 15) is 9.59 Å². The van der Waals surface area contributed by atoms with Gasteiger partial charge in [0.2, 0.25) is 11.8 Å². The van der Waals surface area contributed by atoms with E-state index in [2.05, 4.69) is 10.6 Å². The van der Waals surface area contributed by atoms with Crippen molar-refractivity contribution in [1.29, 1.82) is 0 Å². The van der Waals surface area contributed by atoms with Gasteiger partial charge in [0, 0.05) is 33.6 Å². The lowest BCUT2D eigenvalue weighted by atomic mass is 10.1. The number of carbonyl (C=O) groups is 2. The average molecular weight is 215 g/mol. The molecule has 0 saturated heterocycles. The fourth-order valence-electron chi connectivity index (χ4n) is 1.26. The summed E-state index contributed by atoms with van der Waals surface area (Å²) in [5.74, 6) is -0.151. The lowest BCUT2D eigenvalue weighted by Crippen LogP contribution is -2.38. The van der Waals surface area contributed by atoms with Crippen molar-refractivity contribution in [3.63, 3.8) is 0 Å². The summed E-state index contributed by atoms with van der Waals surface area (Å²) in [6, 6.07) is 0. The molecule has 0 bridgehead atoms. The molecular formula is C10H21N3O2. The zero-order valence-corrected chi connectivity index (χ0v) is 9.96. The molecule has 15 heavy (non-hydrogen) atoms. The first-order valence-electron chi connectivity index (χ1n) is 5.13. The predicted octanol–water partition coefficient (Wildman–Crippen LogP) is -0.564. The topological polar surface area (TPSA) is 61.4 Å². The Labute approximate surface area is 91.2 Å². The Bertz CT molecular complexity index is 219.